The fourth-order valence-corrected chi connectivity index (χ4v) is 7.94. The smallest absolute Gasteiger partial charge is 0.395 e. The van der Waals surface area contributed by atoms with Crippen LogP contribution in [0.1, 0.15) is 46.9 Å². The molecule has 16 nitrogen and oxygen atoms in total. The lowest BCUT2D eigenvalue weighted by molar-refractivity contribution is -0.287. The van der Waals surface area contributed by atoms with Crippen molar-refractivity contribution in [2.45, 2.75) is 49.6 Å². The van der Waals surface area contributed by atoms with Crippen LogP contribution in [0, 0.1) is 0 Å². The molecule has 4 aliphatic heterocycles. The highest BCUT2D eigenvalue weighted by Crippen LogP contribution is 2.50. The van der Waals surface area contributed by atoms with Gasteiger partial charge in [-0.3, -0.25) is 9.59 Å². The fourth-order valence-electron chi connectivity index (χ4n) is 7.94. The maximum Gasteiger partial charge on any atom is 0.586 e. The number of alkyl halides is 10. The number of hydrogen-bond acceptors (Lipinski definition) is 14. The van der Waals surface area contributed by atoms with Crippen LogP contribution in [-0.4, -0.2) is 44.3 Å². The molecule has 6 aromatic rings. The van der Waals surface area contributed by atoms with Crippen LogP contribution in [-0.2, 0) is 21.9 Å². The molecule has 10 rings (SSSR count). The number of anilines is 10. The first-order chi connectivity index (χ1) is 32.1. The van der Waals surface area contributed by atoms with Crippen molar-refractivity contribution in [1.82, 2.24) is 19.9 Å². The van der Waals surface area contributed by atoms with E-state index in [0.717, 1.165) is 24.3 Å². The summed E-state index contributed by atoms with van der Waals surface area (Å²) in [6.07, 6.45) is -17.2. The number of fused-ring (bicyclic) bond motifs is 4. The minimum absolute atomic E-state index is 0.0723. The zero-order valence-electron chi connectivity index (χ0n) is 33.7. The molecule has 2 aromatic heterocycles. The summed E-state index contributed by atoms with van der Waals surface area (Å²) < 4.78 is 157. The first-order valence-electron chi connectivity index (χ1n) is 19.8. The van der Waals surface area contributed by atoms with Crippen LogP contribution in [0.3, 0.4) is 0 Å². The minimum Gasteiger partial charge on any atom is -0.395 e. The average molecular weight is 957 g/mol. The molecule has 2 atom stereocenters. The Hall–Kier alpha value is -8.32. The van der Waals surface area contributed by atoms with Gasteiger partial charge in [-0.15, -0.1) is 17.6 Å². The van der Waals surface area contributed by atoms with Gasteiger partial charge in [0.25, 0.3) is 0 Å². The molecule has 2 amide bonds. The van der Waals surface area contributed by atoms with Crippen molar-refractivity contribution in [1.29, 1.82) is 0 Å². The van der Waals surface area contributed by atoms with E-state index in [2.05, 4.69) is 70.8 Å². The number of benzene rings is 4. The van der Waals surface area contributed by atoms with Gasteiger partial charge in [-0.05, 0) is 71.8 Å². The first kappa shape index (κ1) is 43.6. The van der Waals surface area contributed by atoms with Crippen molar-refractivity contribution in [3.8, 4) is 23.0 Å². The van der Waals surface area contributed by atoms with Gasteiger partial charge < -0.3 is 50.8 Å². The van der Waals surface area contributed by atoms with Gasteiger partial charge in [0.15, 0.2) is 23.0 Å². The van der Waals surface area contributed by atoms with Gasteiger partial charge in [-0.25, -0.2) is 9.97 Å². The van der Waals surface area contributed by atoms with Crippen LogP contribution in [0.4, 0.5) is 102 Å². The number of hydrogen-bond donors (Lipinski definition) is 6. The third kappa shape index (κ3) is 8.73. The predicted molar refractivity (Wildman–Crippen MR) is 217 cm³/mol. The molecule has 0 spiro atoms. The molecular formula is C42H26F10N10O6. The van der Waals surface area contributed by atoms with E-state index < -0.39 is 77.1 Å². The third-order valence-corrected chi connectivity index (χ3v) is 10.8. The molecular weight excluding hydrogens is 931 g/mol. The molecule has 4 aromatic carbocycles. The maximum atomic E-state index is 14.3. The van der Waals surface area contributed by atoms with E-state index in [1.807, 2.05) is 0 Å². The fraction of sp³-hybridized carbons (Fsp3) is 0.190. The minimum atomic E-state index is -4.96. The Morgan fingerprint density at radius 1 is 0.515 bits per heavy atom. The average Bonchev–Trinajstić information content (AvgIpc) is 3.74. The molecule has 6 heterocycles. The van der Waals surface area contributed by atoms with E-state index in [0.29, 0.717) is 34.9 Å². The Balaban J connectivity index is 0.934. The monoisotopic (exact) mass is 956 g/mol. The van der Waals surface area contributed by atoms with Crippen molar-refractivity contribution in [3.63, 3.8) is 0 Å². The molecule has 0 saturated heterocycles. The first-order valence-corrected chi connectivity index (χ1v) is 19.8. The summed E-state index contributed by atoms with van der Waals surface area (Å²) in [7, 11) is 0. The Morgan fingerprint density at radius 3 is 1.31 bits per heavy atom. The Morgan fingerprint density at radius 2 is 0.882 bits per heavy atom. The second-order valence-corrected chi connectivity index (χ2v) is 15.4. The Kier molecular flexibility index (Phi) is 10.0. The van der Waals surface area contributed by atoms with Crippen LogP contribution in [0.2, 0.25) is 0 Å². The number of aromatic nitrogens is 4. The lowest BCUT2D eigenvalue weighted by atomic mass is 9.73. The zero-order chi connectivity index (χ0) is 47.9. The summed E-state index contributed by atoms with van der Waals surface area (Å²) in [5.41, 5.74) is -0.795. The highest BCUT2D eigenvalue weighted by Gasteiger charge is 2.45. The molecule has 0 fully saturated rings. The van der Waals surface area contributed by atoms with E-state index in [1.54, 1.807) is 6.07 Å². The largest absolute Gasteiger partial charge is 0.586 e. The predicted octanol–water partition coefficient (Wildman–Crippen LogP) is 10.5. The number of halogens is 10. The molecule has 0 saturated carbocycles. The molecule has 6 N–H and O–H groups in total. The van der Waals surface area contributed by atoms with E-state index in [9.17, 15) is 53.5 Å². The molecule has 350 valence electrons. The molecule has 0 aliphatic carbocycles. The van der Waals surface area contributed by atoms with Crippen molar-refractivity contribution in [3.05, 3.63) is 107 Å². The molecule has 68 heavy (non-hydrogen) atoms. The Bertz CT molecular complexity index is 3070. The number of carbonyl (C=O) groups excluding carboxylic acids is 2. The van der Waals surface area contributed by atoms with Crippen LogP contribution in [0.25, 0.3) is 0 Å². The number of nitrogens with one attached hydrogen (secondary N) is 6. The van der Waals surface area contributed by atoms with Crippen LogP contribution in [0.5, 0.6) is 23.0 Å². The number of ether oxygens (including phenoxy) is 4. The molecule has 2 unspecified atom stereocenters. The van der Waals surface area contributed by atoms with Gasteiger partial charge in [0.05, 0.1) is 0 Å². The van der Waals surface area contributed by atoms with Crippen LogP contribution >= 0.6 is 0 Å². The lowest BCUT2D eigenvalue weighted by Gasteiger charge is -2.36. The van der Waals surface area contributed by atoms with Gasteiger partial charge >= 0.3 is 24.9 Å². The second-order valence-electron chi connectivity index (χ2n) is 15.4. The highest BCUT2D eigenvalue weighted by atomic mass is 19.4. The summed E-state index contributed by atoms with van der Waals surface area (Å²) in [6.45, 7) is 0. The summed E-state index contributed by atoms with van der Waals surface area (Å²) in [6, 6.07) is 15.7. The van der Waals surface area contributed by atoms with Gasteiger partial charge in [0, 0.05) is 83.3 Å². The van der Waals surface area contributed by atoms with Crippen molar-refractivity contribution >= 4 is 69.5 Å². The van der Waals surface area contributed by atoms with Crippen LogP contribution < -0.4 is 50.8 Å². The summed E-state index contributed by atoms with van der Waals surface area (Å²) >= 11 is 0. The van der Waals surface area contributed by atoms with Crippen molar-refractivity contribution in [2.75, 3.05) is 31.9 Å². The van der Waals surface area contributed by atoms with Gasteiger partial charge in [-0.2, -0.15) is 36.3 Å². The maximum absolute atomic E-state index is 14.3. The highest BCUT2D eigenvalue weighted by molar-refractivity contribution is 5.98. The van der Waals surface area contributed by atoms with Gasteiger partial charge in [0.2, 0.25) is 23.7 Å². The standard InChI is InChI=1S/C42H26F10N10O6/c43-39(44,45)25-15-54-38(58-20-4-8-30-32(12-20)68-42(51,52)66-30)61-35(25)55-17-1-5-27-23(9-17)21(13-33(63)59-27)22-14-34(64)60-28-6-2-18(10-24(22)28)57-37-53-16-26(40(46,47)48)36(62-37)56-19-3-7-29-31(11-19)67-41(49,50)65-29/h1-12,15-16,21-22H,13-14H2,(H,59,63)(H,60,64)(H2,53,56,57,62)(H2,54,55,58,61). The van der Waals surface area contributed by atoms with E-state index in [1.165, 1.54) is 42.5 Å². The van der Waals surface area contributed by atoms with Gasteiger partial charge in [-0.1, -0.05) is 0 Å². The molecule has 0 bridgehead atoms. The Labute approximate surface area is 373 Å². The van der Waals surface area contributed by atoms with Crippen molar-refractivity contribution in [2.24, 2.45) is 0 Å². The quantitative estimate of drug-likeness (QED) is 0.0749. The third-order valence-electron chi connectivity index (χ3n) is 10.8. The second kappa shape index (κ2) is 15.7. The normalized spacial score (nSPS) is 18.4. The van der Waals surface area contributed by atoms with E-state index in [4.69, 9.17) is 0 Å². The van der Waals surface area contributed by atoms with E-state index >= 15 is 0 Å². The summed E-state index contributed by atoms with van der Waals surface area (Å²) in [5.74, 6) is -5.96. The zero-order valence-corrected chi connectivity index (χ0v) is 33.7. The molecule has 4 aliphatic rings. The molecule has 26 heteroatoms. The molecule has 0 radical (unpaired) electrons. The number of amides is 2. The van der Waals surface area contributed by atoms with Crippen molar-refractivity contribution < 1.29 is 72.4 Å². The summed E-state index contributed by atoms with van der Waals surface area (Å²) in [4.78, 5) is 41.9. The van der Waals surface area contributed by atoms with Gasteiger partial charge in [0.1, 0.15) is 22.8 Å². The number of rotatable bonds is 9. The SMILES string of the molecule is O=C1CC(C2CC(=O)Nc3ccc(Nc4nc(Nc5ccc6c(c5)OC(F)(F)O6)ncc4C(F)(F)F)cc32)c2cc(Nc3ncc(C(F)(F)F)c(Nc4ccc5c(c4)OC(F)(F)O5)n3)ccc2N1. The van der Waals surface area contributed by atoms with E-state index in [-0.39, 0.29) is 64.7 Å². The topological polar surface area (TPSA) is 195 Å². The van der Waals surface area contributed by atoms with Crippen LogP contribution in [0.15, 0.2) is 85.2 Å². The lowest BCUT2D eigenvalue weighted by Crippen LogP contribution is -2.31. The summed E-state index contributed by atoms with van der Waals surface area (Å²) in [5, 5.41) is 16.1. The number of carbonyl (C=O) groups is 2. The number of nitrogens with zero attached hydrogens (tertiary/aromatic N) is 4.